The summed E-state index contributed by atoms with van der Waals surface area (Å²) in [5.74, 6) is 0. The molecule has 2 aromatic heterocycles. The fraction of sp³-hybridized carbons (Fsp3) is 0.273. The molecule has 0 amide bonds. The Morgan fingerprint density at radius 3 is 2.69 bits per heavy atom. The van der Waals surface area contributed by atoms with E-state index in [-0.39, 0.29) is 0 Å². The van der Waals surface area contributed by atoms with Gasteiger partial charge in [-0.1, -0.05) is 17.7 Å². The van der Waals surface area contributed by atoms with Crippen LogP contribution in [0.25, 0.3) is 0 Å². The van der Waals surface area contributed by atoms with Gasteiger partial charge in [0.2, 0.25) is 0 Å². The minimum Gasteiger partial charge on any atom is -0.326 e. The van der Waals surface area contributed by atoms with Crippen LogP contribution in [0.1, 0.15) is 17.0 Å². The van der Waals surface area contributed by atoms with Gasteiger partial charge in [-0.05, 0) is 18.6 Å². The molecule has 0 aliphatic carbocycles. The molecule has 2 heterocycles. The van der Waals surface area contributed by atoms with Gasteiger partial charge in [0.15, 0.2) is 0 Å². The van der Waals surface area contributed by atoms with E-state index in [0.717, 1.165) is 17.0 Å². The largest absolute Gasteiger partial charge is 0.326 e. The molecule has 0 bridgehead atoms. The van der Waals surface area contributed by atoms with E-state index in [9.17, 15) is 0 Å². The number of hydrogen-bond acceptors (Lipinski definition) is 3. The van der Waals surface area contributed by atoms with Crippen LogP contribution in [-0.2, 0) is 13.1 Å². The number of halogens is 1. The lowest BCUT2D eigenvalue weighted by Crippen LogP contribution is -2.06. The first-order valence-electron chi connectivity index (χ1n) is 5.02. The lowest BCUT2D eigenvalue weighted by Gasteiger charge is -2.04. The van der Waals surface area contributed by atoms with Gasteiger partial charge < -0.3 is 5.73 Å². The third kappa shape index (κ3) is 2.23. The average molecular weight is 237 g/mol. The van der Waals surface area contributed by atoms with Gasteiger partial charge in [0, 0.05) is 12.7 Å². The smallest absolute Gasteiger partial charge is 0.0834 e. The molecule has 2 N–H and O–H groups in total. The van der Waals surface area contributed by atoms with E-state index in [1.165, 1.54) is 0 Å². The third-order valence-corrected chi connectivity index (χ3v) is 2.85. The summed E-state index contributed by atoms with van der Waals surface area (Å²) >= 11 is 5.92. The fourth-order valence-electron chi connectivity index (χ4n) is 1.41. The molecule has 0 saturated heterocycles. The van der Waals surface area contributed by atoms with Crippen molar-refractivity contribution in [3.63, 3.8) is 0 Å². The Morgan fingerprint density at radius 1 is 1.38 bits per heavy atom. The molecule has 16 heavy (non-hydrogen) atoms. The standard InChI is InChI=1S/C11H13ClN4/c1-8-11(12)6-15-16(8)7-10-3-2-9(4-13)5-14-10/h2-3,5-6H,4,7,13H2,1H3. The Bertz CT molecular complexity index is 475. The van der Waals surface area contributed by atoms with Crippen LogP contribution in [0.5, 0.6) is 0 Å². The second-order valence-corrected chi connectivity index (χ2v) is 4.00. The maximum absolute atomic E-state index is 5.92. The van der Waals surface area contributed by atoms with E-state index in [0.29, 0.717) is 18.1 Å². The van der Waals surface area contributed by atoms with Crippen molar-refractivity contribution in [2.45, 2.75) is 20.0 Å². The minimum absolute atomic E-state index is 0.514. The second-order valence-electron chi connectivity index (χ2n) is 3.60. The highest BCUT2D eigenvalue weighted by atomic mass is 35.5. The zero-order valence-corrected chi connectivity index (χ0v) is 9.78. The summed E-state index contributed by atoms with van der Waals surface area (Å²) in [6, 6.07) is 3.93. The number of pyridine rings is 1. The number of nitrogens with zero attached hydrogens (tertiary/aromatic N) is 3. The zero-order chi connectivity index (χ0) is 11.5. The van der Waals surface area contributed by atoms with Crippen molar-refractivity contribution >= 4 is 11.6 Å². The van der Waals surface area contributed by atoms with E-state index in [2.05, 4.69) is 10.1 Å². The molecule has 2 aromatic rings. The quantitative estimate of drug-likeness (QED) is 0.883. The van der Waals surface area contributed by atoms with E-state index in [1.54, 1.807) is 12.4 Å². The van der Waals surface area contributed by atoms with E-state index in [1.807, 2.05) is 23.7 Å². The van der Waals surface area contributed by atoms with Gasteiger partial charge in [-0.3, -0.25) is 9.67 Å². The lowest BCUT2D eigenvalue weighted by molar-refractivity contribution is 0.652. The molecule has 0 aromatic carbocycles. The first-order valence-corrected chi connectivity index (χ1v) is 5.40. The summed E-state index contributed by atoms with van der Waals surface area (Å²) < 4.78 is 1.83. The minimum atomic E-state index is 0.514. The summed E-state index contributed by atoms with van der Waals surface area (Å²) in [4.78, 5) is 4.31. The molecule has 0 radical (unpaired) electrons. The molecule has 5 heteroatoms. The Kier molecular flexibility index (Phi) is 3.22. The third-order valence-electron chi connectivity index (χ3n) is 2.48. The van der Waals surface area contributed by atoms with Crippen molar-refractivity contribution in [1.29, 1.82) is 0 Å². The Morgan fingerprint density at radius 2 is 2.19 bits per heavy atom. The SMILES string of the molecule is Cc1c(Cl)cnn1Cc1ccc(CN)cn1. The predicted molar refractivity (Wildman–Crippen MR) is 63.2 cm³/mol. The normalized spacial score (nSPS) is 10.7. The lowest BCUT2D eigenvalue weighted by atomic mass is 10.2. The van der Waals surface area contributed by atoms with E-state index in [4.69, 9.17) is 17.3 Å². The van der Waals surface area contributed by atoms with Crippen LogP contribution in [0.15, 0.2) is 24.5 Å². The highest BCUT2D eigenvalue weighted by Crippen LogP contribution is 2.14. The molecule has 4 nitrogen and oxygen atoms in total. The molecule has 0 fully saturated rings. The van der Waals surface area contributed by atoms with Crippen molar-refractivity contribution < 1.29 is 0 Å². The molecule has 0 saturated carbocycles. The first-order chi connectivity index (χ1) is 7.70. The highest BCUT2D eigenvalue weighted by Gasteiger charge is 2.04. The maximum Gasteiger partial charge on any atom is 0.0834 e. The summed E-state index contributed by atoms with van der Waals surface area (Å²) in [5.41, 5.74) is 8.43. The van der Waals surface area contributed by atoms with Gasteiger partial charge in [0.05, 0.1) is 29.2 Å². The van der Waals surface area contributed by atoms with Crippen LogP contribution >= 0.6 is 11.6 Å². The van der Waals surface area contributed by atoms with Crippen LogP contribution in [0.2, 0.25) is 5.02 Å². The van der Waals surface area contributed by atoms with Crippen molar-refractivity contribution in [1.82, 2.24) is 14.8 Å². The van der Waals surface area contributed by atoms with E-state index >= 15 is 0 Å². The maximum atomic E-state index is 5.92. The Labute approximate surface area is 99.1 Å². The van der Waals surface area contributed by atoms with Gasteiger partial charge >= 0.3 is 0 Å². The first kappa shape index (κ1) is 11.1. The topological polar surface area (TPSA) is 56.7 Å². The molecule has 2 rings (SSSR count). The van der Waals surface area contributed by atoms with Crippen molar-refractivity contribution in [3.8, 4) is 0 Å². The molecule has 0 aliphatic heterocycles. The van der Waals surface area contributed by atoms with Crippen LogP contribution in [0.4, 0.5) is 0 Å². The number of nitrogens with two attached hydrogens (primary N) is 1. The Hall–Kier alpha value is -1.39. The number of aromatic nitrogens is 3. The molecule has 0 spiro atoms. The summed E-state index contributed by atoms with van der Waals surface area (Å²) in [6.07, 6.45) is 3.43. The van der Waals surface area contributed by atoms with Gasteiger partial charge in [-0.15, -0.1) is 0 Å². The average Bonchev–Trinajstić information content (AvgIpc) is 2.62. The van der Waals surface area contributed by atoms with Crippen molar-refractivity contribution in [2.75, 3.05) is 0 Å². The predicted octanol–water partition coefficient (Wildman–Crippen LogP) is 1.75. The van der Waals surface area contributed by atoms with Gasteiger partial charge in [0.1, 0.15) is 0 Å². The second kappa shape index (κ2) is 4.63. The van der Waals surface area contributed by atoms with Gasteiger partial charge in [0.25, 0.3) is 0 Å². The number of rotatable bonds is 3. The molecule has 0 atom stereocenters. The summed E-state index contributed by atoms with van der Waals surface area (Å²) in [6.45, 7) is 3.08. The van der Waals surface area contributed by atoms with E-state index < -0.39 is 0 Å². The molecular weight excluding hydrogens is 224 g/mol. The highest BCUT2D eigenvalue weighted by molar-refractivity contribution is 6.31. The molecule has 0 unspecified atom stereocenters. The van der Waals surface area contributed by atoms with Crippen LogP contribution in [-0.4, -0.2) is 14.8 Å². The molecular formula is C11H13ClN4. The summed E-state index contributed by atoms with van der Waals surface area (Å²) in [7, 11) is 0. The van der Waals surface area contributed by atoms with Crippen LogP contribution in [0, 0.1) is 6.92 Å². The summed E-state index contributed by atoms with van der Waals surface area (Å²) in [5, 5.41) is 4.85. The van der Waals surface area contributed by atoms with Crippen LogP contribution < -0.4 is 5.73 Å². The van der Waals surface area contributed by atoms with Crippen molar-refractivity contribution in [3.05, 3.63) is 46.5 Å². The molecule has 84 valence electrons. The van der Waals surface area contributed by atoms with Gasteiger partial charge in [-0.2, -0.15) is 5.10 Å². The molecule has 0 aliphatic rings. The zero-order valence-electron chi connectivity index (χ0n) is 9.02. The fourth-order valence-corrected chi connectivity index (χ4v) is 1.55. The van der Waals surface area contributed by atoms with Gasteiger partial charge in [-0.25, -0.2) is 0 Å². The monoisotopic (exact) mass is 236 g/mol. The number of hydrogen-bond donors (Lipinski definition) is 1. The van der Waals surface area contributed by atoms with Crippen molar-refractivity contribution in [2.24, 2.45) is 5.73 Å². The Balaban J connectivity index is 2.17. The van der Waals surface area contributed by atoms with Crippen LogP contribution in [0.3, 0.4) is 0 Å².